The van der Waals surface area contributed by atoms with Gasteiger partial charge < -0.3 is 19.9 Å². The molecular weight excluding hydrogens is 512 g/mol. The minimum Gasteiger partial charge on any atom is -0.445 e. The highest BCUT2D eigenvalue weighted by atomic mass is 16.5. The summed E-state index contributed by atoms with van der Waals surface area (Å²) in [7, 11) is 0. The topological polar surface area (TPSA) is 116 Å². The van der Waals surface area contributed by atoms with Crippen LogP contribution in [-0.2, 0) is 4.74 Å². The van der Waals surface area contributed by atoms with E-state index in [0.29, 0.717) is 53.8 Å². The number of imide groups is 1. The van der Waals surface area contributed by atoms with Crippen LogP contribution in [0.5, 0.6) is 0 Å². The molecule has 1 N–H and O–H groups in total. The molecule has 3 aromatic carbocycles. The summed E-state index contributed by atoms with van der Waals surface area (Å²) in [4.78, 5) is 67.3. The fourth-order valence-corrected chi connectivity index (χ4v) is 5.10. The number of alkyl carbamates (subject to hydrolysis) is 1. The van der Waals surface area contributed by atoms with Gasteiger partial charge in [0, 0.05) is 78.0 Å². The minimum absolute atomic E-state index is 0.00625. The Bertz CT molecular complexity index is 1490. The fraction of sp³-hybridized carbons (Fsp3) is 0.233. The SMILES string of the molecule is C=CCOC(=O)NCCN1C(=O)c2cccc3c(N4CCN(C(=O)c5ccc(C=O)cc5)CC4)ccc(c23)C1=O. The molecule has 1 fully saturated rings. The number of rotatable bonds is 8. The molecule has 10 nitrogen and oxygen atoms in total. The molecular formula is C30H28N4O6. The van der Waals surface area contributed by atoms with Crippen molar-refractivity contribution in [2.45, 2.75) is 0 Å². The van der Waals surface area contributed by atoms with Gasteiger partial charge in [0.2, 0.25) is 0 Å². The third-order valence-corrected chi connectivity index (χ3v) is 7.11. The summed E-state index contributed by atoms with van der Waals surface area (Å²) < 4.78 is 4.86. The number of hydrogen-bond acceptors (Lipinski definition) is 7. The zero-order valence-corrected chi connectivity index (χ0v) is 21.8. The van der Waals surface area contributed by atoms with Crippen LogP contribution in [0, 0.1) is 0 Å². The van der Waals surface area contributed by atoms with Gasteiger partial charge in [-0.1, -0.05) is 36.9 Å². The number of nitrogens with zero attached hydrogens (tertiary/aromatic N) is 3. The Labute approximate surface area is 230 Å². The van der Waals surface area contributed by atoms with Crippen LogP contribution in [0.15, 0.2) is 67.3 Å². The van der Waals surface area contributed by atoms with E-state index in [1.165, 1.54) is 6.08 Å². The van der Waals surface area contributed by atoms with Gasteiger partial charge in [0.25, 0.3) is 17.7 Å². The van der Waals surface area contributed by atoms with Crippen molar-refractivity contribution in [3.8, 4) is 0 Å². The molecule has 0 atom stereocenters. The summed E-state index contributed by atoms with van der Waals surface area (Å²) in [5.41, 5.74) is 2.80. The molecule has 0 aromatic heterocycles. The first-order chi connectivity index (χ1) is 19.4. The number of aldehydes is 1. The van der Waals surface area contributed by atoms with Gasteiger partial charge in [-0.05, 0) is 30.3 Å². The highest BCUT2D eigenvalue weighted by Gasteiger charge is 2.34. The van der Waals surface area contributed by atoms with Crippen molar-refractivity contribution >= 4 is 46.6 Å². The van der Waals surface area contributed by atoms with E-state index in [-0.39, 0.29) is 25.6 Å². The molecule has 0 aliphatic carbocycles. The van der Waals surface area contributed by atoms with E-state index in [9.17, 15) is 24.0 Å². The second-order valence-electron chi connectivity index (χ2n) is 9.46. The van der Waals surface area contributed by atoms with Gasteiger partial charge in [0.1, 0.15) is 12.9 Å². The third-order valence-electron chi connectivity index (χ3n) is 7.11. The molecule has 0 radical (unpaired) electrons. The van der Waals surface area contributed by atoms with Crippen LogP contribution < -0.4 is 10.2 Å². The molecule has 40 heavy (non-hydrogen) atoms. The number of carbonyl (C=O) groups excluding carboxylic acids is 5. The normalized spacial score (nSPS) is 14.8. The number of carbonyl (C=O) groups is 5. The number of amides is 4. The van der Waals surface area contributed by atoms with Gasteiger partial charge in [0.15, 0.2) is 0 Å². The van der Waals surface area contributed by atoms with Crippen molar-refractivity contribution in [1.82, 2.24) is 15.1 Å². The summed E-state index contributed by atoms with van der Waals surface area (Å²) in [5.74, 6) is -0.927. The van der Waals surface area contributed by atoms with E-state index in [0.717, 1.165) is 22.3 Å². The lowest BCUT2D eigenvalue weighted by Gasteiger charge is -2.37. The molecule has 5 rings (SSSR count). The number of ether oxygens (including phenoxy) is 1. The Morgan fingerprint density at radius 1 is 0.925 bits per heavy atom. The van der Waals surface area contributed by atoms with E-state index in [4.69, 9.17) is 4.74 Å². The molecule has 4 amide bonds. The summed E-state index contributed by atoms with van der Waals surface area (Å²) in [6.45, 7) is 5.78. The van der Waals surface area contributed by atoms with Crippen molar-refractivity contribution < 1.29 is 28.7 Å². The summed E-state index contributed by atoms with van der Waals surface area (Å²) in [6, 6.07) is 15.6. The smallest absolute Gasteiger partial charge is 0.407 e. The molecule has 204 valence electrons. The van der Waals surface area contributed by atoms with E-state index in [2.05, 4.69) is 16.8 Å². The quantitative estimate of drug-likeness (QED) is 0.265. The van der Waals surface area contributed by atoms with Crippen LogP contribution >= 0.6 is 0 Å². The maximum atomic E-state index is 13.3. The van der Waals surface area contributed by atoms with Crippen LogP contribution in [0.1, 0.15) is 41.4 Å². The van der Waals surface area contributed by atoms with Crippen molar-refractivity contribution in [3.63, 3.8) is 0 Å². The van der Waals surface area contributed by atoms with Crippen LogP contribution in [0.2, 0.25) is 0 Å². The number of benzene rings is 3. The van der Waals surface area contributed by atoms with Gasteiger partial charge >= 0.3 is 6.09 Å². The van der Waals surface area contributed by atoms with Gasteiger partial charge in [-0.25, -0.2) is 4.79 Å². The maximum absolute atomic E-state index is 13.3. The Morgan fingerprint density at radius 2 is 1.62 bits per heavy atom. The first-order valence-corrected chi connectivity index (χ1v) is 13.0. The molecule has 0 unspecified atom stereocenters. The van der Waals surface area contributed by atoms with Crippen LogP contribution in [0.4, 0.5) is 10.5 Å². The summed E-state index contributed by atoms with van der Waals surface area (Å²) in [6.07, 6.45) is 1.54. The van der Waals surface area contributed by atoms with Crippen molar-refractivity contribution in [2.24, 2.45) is 0 Å². The Morgan fingerprint density at radius 3 is 2.30 bits per heavy atom. The van der Waals surface area contributed by atoms with Gasteiger partial charge in [0.05, 0.1) is 0 Å². The number of piperazine rings is 1. The minimum atomic E-state index is -0.651. The average molecular weight is 541 g/mol. The van der Waals surface area contributed by atoms with Crippen molar-refractivity contribution in [1.29, 1.82) is 0 Å². The Balaban J connectivity index is 1.31. The maximum Gasteiger partial charge on any atom is 0.407 e. The van der Waals surface area contributed by atoms with E-state index < -0.39 is 17.9 Å². The Kier molecular flexibility index (Phi) is 7.59. The zero-order chi connectivity index (χ0) is 28.2. The highest BCUT2D eigenvalue weighted by Crippen LogP contribution is 2.36. The van der Waals surface area contributed by atoms with E-state index in [1.54, 1.807) is 47.4 Å². The molecule has 2 aliphatic rings. The van der Waals surface area contributed by atoms with Gasteiger partial charge in [-0.3, -0.25) is 24.1 Å². The van der Waals surface area contributed by atoms with Crippen LogP contribution in [0.3, 0.4) is 0 Å². The zero-order valence-electron chi connectivity index (χ0n) is 21.8. The lowest BCUT2D eigenvalue weighted by molar-refractivity contribution is 0.0608. The van der Waals surface area contributed by atoms with E-state index >= 15 is 0 Å². The van der Waals surface area contributed by atoms with E-state index in [1.807, 2.05) is 12.1 Å². The monoisotopic (exact) mass is 540 g/mol. The summed E-state index contributed by atoms with van der Waals surface area (Å²) in [5, 5.41) is 3.94. The summed E-state index contributed by atoms with van der Waals surface area (Å²) >= 11 is 0. The first kappa shape index (κ1) is 26.6. The number of anilines is 1. The average Bonchev–Trinajstić information content (AvgIpc) is 3.00. The molecule has 2 aliphatic heterocycles. The lowest BCUT2D eigenvalue weighted by atomic mass is 9.92. The number of nitrogens with one attached hydrogen (secondary N) is 1. The van der Waals surface area contributed by atoms with Crippen molar-refractivity contribution in [3.05, 3.63) is 89.5 Å². The Hall–Kier alpha value is -4.99. The molecule has 0 bridgehead atoms. The number of hydrogen-bond donors (Lipinski definition) is 1. The fourth-order valence-electron chi connectivity index (χ4n) is 5.10. The predicted octanol–water partition coefficient (Wildman–Crippen LogP) is 3.12. The standard InChI is InChI=1S/C30H28N4O6/c1-2-18-40-30(39)31-12-13-34-28(37)23-5-3-4-22-25(11-10-24(26(22)23)29(34)38)32-14-16-33(17-15-32)27(36)21-8-6-20(19-35)7-9-21/h2-11,19H,1,12-18H2,(H,31,39). The second-order valence-corrected chi connectivity index (χ2v) is 9.46. The molecule has 1 saturated heterocycles. The predicted molar refractivity (Wildman–Crippen MR) is 149 cm³/mol. The molecule has 2 heterocycles. The molecule has 10 heteroatoms. The van der Waals surface area contributed by atoms with Crippen LogP contribution in [0.25, 0.3) is 10.8 Å². The second kappa shape index (κ2) is 11.4. The van der Waals surface area contributed by atoms with Gasteiger partial charge in [-0.15, -0.1) is 0 Å². The van der Waals surface area contributed by atoms with Crippen molar-refractivity contribution in [2.75, 3.05) is 50.8 Å². The van der Waals surface area contributed by atoms with Crippen LogP contribution in [-0.4, -0.2) is 85.8 Å². The molecule has 3 aromatic rings. The first-order valence-electron chi connectivity index (χ1n) is 13.0. The third kappa shape index (κ3) is 5.03. The molecule has 0 saturated carbocycles. The lowest BCUT2D eigenvalue weighted by Crippen LogP contribution is -2.49. The molecule has 0 spiro atoms. The highest BCUT2D eigenvalue weighted by molar-refractivity contribution is 6.26. The largest absolute Gasteiger partial charge is 0.445 e. The van der Waals surface area contributed by atoms with Gasteiger partial charge in [-0.2, -0.15) is 0 Å².